The van der Waals surface area contributed by atoms with Gasteiger partial charge in [-0.05, 0) is 121 Å². The van der Waals surface area contributed by atoms with Crippen LogP contribution in [0.5, 0.6) is 5.88 Å². The van der Waals surface area contributed by atoms with Gasteiger partial charge in [0.15, 0.2) is 5.78 Å². The molecule has 1 unspecified atom stereocenters. The Morgan fingerprint density at radius 3 is 2.68 bits per heavy atom. The van der Waals surface area contributed by atoms with E-state index in [4.69, 9.17) is 14.2 Å². The molecule has 256 valence electrons. The summed E-state index contributed by atoms with van der Waals surface area (Å²) in [5.41, 5.74) is 7.23. The molecule has 47 heavy (non-hydrogen) atoms. The Morgan fingerprint density at radius 1 is 1.13 bits per heavy atom. The maximum atomic E-state index is 12.0. The smallest absolute Gasteiger partial charge is 0.227 e. The predicted octanol–water partition coefficient (Wildman–Crippen LogP) is 9.03. The maximum Gasteiger partial charge on any atom is 0.227 e. The molecule has 0 bridgehead atoms. The molecule has 0 aromatic carbocycles. The van der Waals surface area contributed by atoms with Crippen molar-refractivity contribution in [3.63, 3.8) is 0 Å². The van der Waals surface area contributed by atoms with Crippen molar-refractivity contribution in [2.75, 3.05) is 39.5 Å². The Hall–Kier alpha value is -3.42. The molecule has 0 spiro atoms. The van der Waals surface area contributed by atoms with E-state index in [0.717, 1.165) is 80.9 Å². The summed E-state index contributed by atoms with van der Waals surface area (Å²) in [5, 5.41) is 4.40. The van der Waals surface area contributed by atoms with Gasteiger partial charge in [0, 0.05) is 31.0 Å². The van der Waals surface area contributed by atoms with E-state index in [9.17, 15) is 4.79 Å². The highest BCUT2D eigenvalue weighted by Gasteiger charge is 2.21. The van der Waals surface area contributed by atoms with Gasteiger partial charge in [-0.3, -0.25) is 4.79 Å². The number of ketones is 1. The third-order valence-corrected chi connectivity index (χ3v) is 9.29. The molecule has 7 heteroatoms. The minimum absolute atomic E-state index is 0.0696. The van der Waals surface area contributed by atoms with Gasteiger partial charge in [-0.25, -0.2) is 4.68 Å². The van der Waals surface area contributed by atoms with Gasteiger partial charge in [0.05, 0.1) is 24.5 Å². The van der Waals surface area contributed by atoms with Gasteiger partial charge in [0.25, 0.3) is 0 Å². The van der Waals surface area contributed by atoms with E-state index in [0.29, 0.717) is 36.7 Å². The van der Waals surface area contributed by atoms with Gasteiger partial charge in [0.1, 0.15) is 12.4 Å². The fraction of sp³-hybridized carbons (Fsp3) is 0.550. The molecule has 3 heterocycles. The average Bonchev–Trinajstić information content (AvgIpc) is 3.38. The van der Waals surface area contributed by atoms with Crippen molar-refractivity contribution in [3.05, 3.63) is 88.4 Å². The number of allylic oxidation sites excluding steroid dienone is 8. The molecular weight excluding hydrogens is 586 g/mol. The van der Waals surface area contributed by atoms with Gasteiger partial charge >= 0.3 is 0 Å². The van der Waals surface area contributed by atoms with Crippen LogP contribution in [0.3, 0.4) is 0 Å². The van der Waals surface area contributed by atoms with Gasteiger partial charge in [0.2, 0.25) is 5.88 Å². The first-order valence-corrected chi connectivity index (χ1v) is 17.7. The third kappa shape index (κ3) is 10.5. The number of hydrogen-bond acceptors (Lipinski definition) is 6. The first-order chi connectivity index (χ1) is 22.7. The number of rotatable bonds is 12. The molecule has 0 amide bonds. The monoisotopic (exact) mass is 643 g/mol. The number of aromatic nitrogens is 2. The summed E-state index contributed by atoms with van der Waals surface area (Å²) in [6, 6.07) is 0. The Morgan fingerprint density at radius 2 is 1.94 bits per heavy atom. The number of carbonyl (C=O) groups is 1. The lowest BCUT2D eigenvalue weighted by atomic mass is 9.99. The number of hydrogen-bond donors (Lipinski definition) is 0. The quantitative estimate of drug-likeness (QED) is 0.167. The van der Waals surface area contributed by atoms with Gasteiger partial charge in [-0.15, -0.1) is 0 Å². The summed E-state index contributed by atoms with van der Waals surface area (Å²) in [6.07, 6.45) is 23.8. The van der Waals surface area contributed by atoms with Gasteiger partial charge in [-0.1, -0.05) is 49.5 Å². The molecule has 0 radical (unpaired) electrons. The first kappa shape index (κ1) is 36.4. The minimum atomic E-state index is -0.0696. The molecule has 4 rings (SSSR count). The average molecular weight is 644 g/mol. The Bertz CT molecular complexity index is 1430. The summed E-state index contributed by atoms with van der Waals surface area (Å²) < 4.78 is 20.2. The largest absolute Gasteiger partial charge is 0.488 e. The van der Waals surface area contributed by atoms with Crippen LogP contribution in [0.4, 0.5) is 0 Å². The number of Topliss-reactive ketones (excluding diaryl/α,β-unsaturated/α-hetero) is 1. The number of ether oxygens (including phenoxy) is 3. The Balaban J connectivity index is 1.43. The maximum absolute atomic E-state index is 12.0. The predicted molar refractivity (Wildman–Crippen MR) is 192 cm³/mol. The van der Waals surface area contributed by atoms with Crippen LogP contribution in [0.15, 0.2) is 82.9 Å². The molecule has 2 atom stereocenters. The van der Waals surface area contributed by atoms with Crippen LogP contribution >= 0.6 is 0 Å². The third-order valence-electron chi connectivity index (χ3n) is 9.29. The molecule has 1 aliphatic carbocycles. The van der Waals surface area contributed by atoms with E-state index in [-0.39, 0.29) is 5.78 Å². The zero-order valence-corrected chi connectivity index (χ0v) is 29.8. The molecule has 3 aliphatic rings. The van der Waals surface area contributed by atoms with E-state index in [2.05, 4.69) is 55.6 Å². The Kier molecular flexibility index (Phi) is 14.1. The van der Waals surface area contributed by atoms with Crippen LogP contribution < -0.4 is 4.74 Å². The van der Waals surface area contributed by atoms with Crippen molar-refractivity contribution >= 4 is 11.5 Å². The summed E-state index contributed by atoms with van der Waals surface area (Å²) >= 11 is 0. The van der Waals surface area contributed by atoms with Crippen LogP contribution in [0.2, 0.25) is 0 Å². The van der Waals surface area contributed by atoms with E-state index >= 15 is 0 Å². The summed E-state index contributed by atoms with van der Waals surface area (Å²) in [6.45, 7) is 21.7. The van der Waals surface area contributed by atoms with Crippen molar-refractivity contribution < 1.29 is 19.0 Å². The van der Waals surface area contributed by atoms with Crippen LogP contribution in [-0.4, -0.2) is 66.0 Å². The molecule has 2 aliphatic heterocycles. The van der Waals surface area contributed by atoms with Crippen LogP contribution in [-0.2, 0) is 9.47 Å². The first-order valence-electron chi connectivity index (χ1n) is 17.7. The molecule has 1 aromatic rings. The van der Waals surface area contributed by atoms with E-state index in [1.165, 1.54) is 42.9 Å². The van der Waals surface area contributed by atoms with E-state index in [1.54, 1.807) is 10.9 Å². The summed E-state index contributed by atoms with van der Waals surface area (Å²) in [5.74, 6) is 1.81. The topological polar surface area (TPSA) is 65.8 Å². The molecule has 1 aromatic heterocycles. The number of nitrogens with zero attached hydrogens (tertiary/aromatic N) is 3. The fourth-order valence-corrected chi connectivity index (χ4v) is 6.53. The fourth-order valence-electron chi connectivity index (χ4n) is 6.53. The molecule has 1 fully saturated rings. The molecule has 0 N–H and O–H groups in total. The second-order valence-electron chi connectivity index (χ2n) is 13.4. The molecule has 7 nitrogen and oxygen atoms in total. The standard InChI is InChI=1S/C40H57N3O4/c1-8-45-40-38(34(7)44)25-41-43(40)33(6)18-13-16-31(4)37-20-10-9-15-32(5)39(37)47-28-35-22-21-29(2)26-42(23-14-17-30(35)3)27-36-19-11-12-24-46-36/h13,16,18,20-22,25,29,36H,4,8-12,14-15,17,19,23-24,26-28H2,1-3,5-7H3/b16-13-,22-21-,33-18+,35-30+/t29?,36-/m0/s1. The molecular formula is C40H57N3O4. The SMILES string of the molecule is C=C(/C=C\C=C(/C)n1ncc(C(C)=O)c1OCC)C1=CCCCC(C)=C1OCC1=C(\C)CCCN(C[C@@H]2CCCCO2)CC(C)/C=C\1. The summed E-state index contributed by atoms with van der Waals surface area (Å²) in [7, 11) is 0. The van der Waals surface area contributed by atoms with Crippen LogP contribution in [0.25, 0.3) is 5.70 Å². The van der Waals surface area contributed by atoms with Gasteiger partial charge < -0.3 is 19.1 Å². The highest BCUT2D eigenvalue weighted by molar-refractivity contribution is 5.96. The second kappa shape index (κ2) is 18.2. The highest BCUT2D eigenvalue weighted by Crippen LogP contribution is 2.31. The van der Waals surface area contributed by atoms with Crippen molar-refractivity contribution in [2.24, 2.45) is 5.92 Å². The summed E-state index contributed by atoms with van der Waals surface area (Å²) in [4.78, 5) is 14.7. The lowest BCUT2D eigenvalue weighted by Crippen LogP contribution is -2.38. The molecule has 0 saturated carbocycles. The minimum Gasteiger partial charge on any atom is -0.488 e. The zero-order valence-electron chi connectivity index (χ0n) is 29.8. The van der Waals surface area contributed by atoms with Crippen molar-refractivity contribution in [2.45, 2.75) is 99.0 Å². The Labute approximate surface area is 283 Å². The van der Waals surface area contributed by atoms with Crippen molar-refractivity contribution in [1.29, 1.82) is 0 Å². The second-order valence-corrected chi connectivity index (χ2v) is 13.4. The highest BCUT2D eigenvalue weighted by atomic mass is 16.5. The van der Waals surface area contributed by atoms with Crippen molar-refractivity contribution in [1.82, 2.24) is 14.7 Å². The van der Waals surface area contributed by atoms with Crippen molar-refractivity contribution in [3.8, 4) is 5.88 Å². The lowest BCUT2D eigenvalue weighted by molar-refractivity contribution is -0.00712. The van der Waals surface area contributed by atoms with E-state index in [1.807, 2.05) is 32.1 Å². The zero-order chi connectivity index (χ0) is 33.8. The molecule has 1 saturated heterocycles. The van der Waals surface area contributed by atoms with Gasteiger partial charge in [-0.2, -0.15) is 5.10 Å². The lowest BCUT2D eigenvalue weighted by Gasteiger charge is -2.31. The van der Waals surface area contributed by atoms with Crippen LogP contribution in [0, 0.1) is 5.92 Å². The number of carbonyl (C=O) groups excluding carboxylic acids is 1. The van der Waals surface area contributed by atoms with Crippen LogP contribution in [0.1, 0.15) is 103 Å². The normalized spacial score (nSPS) is 24.6. The van der Waals surface area contributed by atoms with E-state index < -0.39 is 0 Å².